The predicted molar refractivity (Wildman–Crippen MR) is 106 cm³/mol. The van der Waals surface area contributed by atoms with Crippen LogP contribution in [-0.2, 0) is 13.1 Å². The van der Waals surface area contributed by atoms with Crippen molar-refractivity contribution in [3.63, 3.8) is 0 Å². The molecule has 0 saturated carbocycles. The summed E-state index contributed by atoms with van der Waals surface area (Å²) in [6.45, 7) is 0.145. The number of benzene rings is 1. The monoisotopic (exact) mass is 389 g/mol. The van der Waals surface area contributed by atoms with Gasteiger partial charge in [-0.25, -0.2) is 4.98 Å². The fourth-order valence-electron chi connectivity index (χ4n) is 3.14. The van der Waals surface area contributed by atoms with Crippen molar-refractivity contribution in [2.45, 2.75) is 32.5 Å². The predicted octanol–water partition coefficient (Wildman–Crippen LogP) is 3.15. The number of anilines is 1. The Labute approximate surface area is 163 Å². The number of rotatable bonds is 7. The first kappa shape index (κ1) is 19.9. The number of nitrogens with one attached hydrogen (secondary N) is 2. The summed E-state index contributed by atoms with van der Waals surface area (Å²) in [5.41, 5.74) is 1.73. The van der Waals surface area contributed by atoms with Crippen LogP contribution in [0, 0.1) is 0 Å². The third-order valence-corrected chi connectivity index (χ3v) is 4.56. The van der Waals surface area contributed by atoms with Crippen LogP contribution in [-0.4, -0.2) is 37.7 Å². The molecule has 1 fully saturated rings. The molecule has 1 aromatic heterocycles. The molecule has 0 bridgehead atoms. The molecule has 0 unspecified atom stereocenters. The van der Waals surface area contributed by atoms with Crippen molar-refractivity contribution in [1.82, 2.24) is 15.6 Å². The number of ether oxygens (including phenoxy) is 1. The summed E-state index contributed by atoms with van der Waals surface area (Å²) in [6, 6.07) is 10.8. The van der Waals surface area contributed by atoms with Gasteiger partial charge in [-0.3, -0.25) is 4.99 Å². The second-order valence-electron chi connectivity index (χ2n) is 6.48. The molecule has 150 valence electrons. The van der Waals surface area contributed by atoms with Crippen molar-refractivity contribution in [3.05, 3.63) is 53.7 Å². The third-order valence-electron chi connectivity index (χ3n) is 4.56. The van der Waals surface area contributed by atoms with E-state index in [2.05, 4.69) is 36.3 Å². The molecule has 0 atom stereocenters. The molecule has 0 amide bonds. The van der Waals surface area contributed by atoms with Gasteiger partial charge in [-0.2, -0.15) is 8.78 Å². The van der Waals surface area contributed by atoms with Crippen molar-refractivity contribution in [1.29, 1.82) is 0 Å². The molecule has 2 N–H and O–H groups in total. The Kier molecular flexibility index (Phi) is 7.00. The quantitative estimate of drug-likeness (QED) is 0.563. The molecule has 1 saturated heterocycles. The van der Waals surface area contributed by atoms with Crippen LogP contribution >= 0.6 is 0 Å². The summed E-state index contributed by atoms with van der Waals surface area (Å²) in [4.78, 5) is 10.9. The number of halogens is 2. The molecule has 2 aromatic rings. The fourth-order valence-corrected chi connectivity index (χ4v) is 3.14. The molecule has 3 rings (SSSR count). The Balaban J connectivity index is 1.55. The van der Waals surface area contributed by atoms with Gasteiger partial charge in [-0.05, 0) is 36.6 Å². The molecule has 1 aromatic carbocycles. The zero-order valence-corrected chi connectivity index (χ0v) is 15.9. The van der Waals surface area contributed by atoms with Crippen molar-refractivity contribution < 1.29 is 13.5 Å². The number of aromatic nitrogens is 1. The van der Waals surface area contributed by atoms with Gasteiger partial charge in [0.2, 0.25) is 0 Å². The average Bonchev–Trinajstić information content (AvgIpc) is 3.24. The zero-order chi connectivity index (χ0) is 19.8. The van der Waals surface area contributed by atoms with Crippen LogP contribution < -0.4 is 20.3 Å². The fraction of sp³-hybridized carbons (Fsp3) is 0.400. The summed E-state index contributed by atoms with van der Waals surface area (Å²) >= 11 is 0. The number of hydrogen-bond donors (Lipinski definition) is 2. The SMILES string of the molecule is CN=C(NCc1ccnc(N2CCCC2)c1)NCc1ccccc1OC(F)F. The minimum Gasteiger partial charge on any atom is -0.434 e. The first-order valence-corrected chi connectivity index (χ1v) is 9.33. The molecule has 28 heavy (non-hydrogen) atoms. The van der Waals surface area contributed by atoms with Crippen LogP contribution in [0.15, 0.2) is 47.6 Å². The number of guanidine groups is 1. The lowest BCUT2D eigenvalue weighted by Crippen LogP contribution is -2.36. The van der Waals surface area contributed by atoms with Gasteiger partial charge in [0, 0.05) is 45.0 Å². The summed E-state index contributed by atoms with van der Waals surface area (Å²) in [5.74, 6) is 1.73. The van der Waals surface area contributed by atoms with E-state index < -0.39 is 6.61 Å². The van der Waals surface area contributed by atoms with Crippen LogP contribution in [0.2, 0.25) is 0 Å². The van der Waals surface area contributed by atoms with E-state index in [-0.39, 0.29) is 5.75 Å². The molecule has 6 nitrogen and oxygen atoms in total. The Bertz CT molecular complexity index is 794. The number of para-hydroxylation sites is 1. The molecular formula is C20H25F2N5O. The lowest BCUT2D eigenvalue weighted by atomic mass is 10.2. The highest BCUT2D eigenvalue weighted by molar-refractivity contribution is 5.79. The number of hydrogen-bond acceptors (Lipinski definition) is 4. The largest absolute Gasteiger partial charge is 0.434 e. The molecule has 0 aliphatic carbocycles. The van der Waals surface area contributed by atoms with Crippen LogP contribution in [0.1, 0.15) is 24.0 Å². The molecule has 8 heteroatoms. The van der Waals surface area contributed by atoms with Crippen molar-refractivity contribution >= 4 is 11.8 Å². The van der Waals surface area contributed by atoms with Crippen LogP contribution in [0.5, 0.6) is 5.75 Å². The normalized spacial score (nSPS) is 14.4. The zero-order valence-electron chi connectivity index (χ0n) is 15.9. The maximum atomic E-state index is 12.5. The minimum absolute atomic E-state index is 0.157. The highest BCUT2D eigenvalue weighted by atomic mass is 19.3. The standard InChI is InChI=1S/C20H25F2N5O/c1-23-20(26-14-16-6-2-3-7-17(16)28-19(21)22)25-13-15-8-9-24-18(12-15)27-10-4-5-11-27/h2-3,6-9,12,19H,4-5,10-11,13-14H2,1H3,(H2,23,25,26). The molecule has 1 aliphatic rings. The van der Waals surface area contributed by atoms with Crippen LogP contribution in [0.25, 0.3) is 0 Å². The van der Waals surface area contributed by atoms with Gasteiger partial charge in [-0.15, -0.1) is 0 Å². The number of alkyl halides is 2. The van der Waals surface area contributed by atoms with Gasteiger partial charge in [-0.1, -0.05) is 18.2 Å². The molecule has 2 heterocycles. The van der Waals surface area contributed by atoms with Gasteiger partial charge < -0.3 is 20.3 Å². The van der Waals surface area contributed by atoms with E-state index >= 15 is 0 Å². The van der Waals surface area contributed by atoms with E-state index in [1.54, 1.807) is 25.2 Å². The summed E-state index contributed by atoms with van der Waals surface area (Å²) in [6.07, 6.45) is 4.23. The van der Waals surface area contributed by atoms with Gasteiger partial charge in [0.25, 0.3) is 0 Å². The Hall–Kier alpha value is -2.90. The highest BCUT2D eigenvalue weighted by Gasteiger charge is 2.14. The third kappa shape index (κ3) is 5.55. The number of nitrogens with zero attached hydrogens (tertiary/aromatic N) is 3. The van der Waals surface area contributed by atoms with Gasteiger partial charge >= 0.3 is 6.61 Å². The van der Waals surface area contributed by atoms with Gasteiger partial charge in [0.15, 0.2) is 5.96 Å². The van der Waals surface area contributed by atoms with E-state index in [1.807, 2.05) is 12.3 Å². The topological polar surface area (TPSA) is 61.8 Å². The van der Waals surface area contributed by atoms with E-state index in [4.69, 9.17) is 0 Å². The summed E-state index contributed by atoms with van der Waals surface area (Å²) < 4.78 is 29.6. The van der Waals surface area contributed by atoms with E-state index in [0.29, 0.717) is 24.6 Å². The number of pyridine rings is 1. The smallest absolute Gasteiger partial charge is 0.387 e. The maximum absolute atomic E-state index is 12.5. The second-order valence-corrected chi connectivity index (χ2v) is 6.48. The Morgan fingerprint density at radius 2 is 1.93 bits per heavy atom. The molecule has 1 aliphatic heterocycles. The molecule has 0 spiro atoms. The van der Waals surface area contributed by atoms with Crippen molar-refractivity contribution in [2.24, 2.45) is 4.99 Å². The van der Waals surface area contributed by atoms with E-state index in [1.165, 1.54) is 18.9 Å². The van der Waals surface area contributed by atoms with E-state index in [9.17, 15) is 8.78 Å². The Morgan fingerprint density at radius 3 is 2.68 bits per heavy atom. The first-order valence-electron chi connectivity index (χ1n) is 9.33. The van der Waals surface area contributed by atoms with Crippen LogP contribution in [0.4, 0.5) is 14.6 Å². The Morgan fingerprint density at radius 1 is 1.18 bits per heavy atom. The summed E-state index contributed by atoms with van der Waals surface area (Å²) in [7, 11) is 1.67. The van der Waals surface area contributed by atoms with Crippen LogP contribution in [0.3, 0.4) is 0 Å². The molecule has 0 radical (unpaired) electrons. The van der Waals surface area contributed by atoms with Gasteiger partial charge in [0.1, 0.15) is 11.6 Å². The average molecular weight is 389 g/mol. The highest BCUT2D eigenvalue weighted by Crippen LogP contribution is 2.20. The van der Waals surface area contributed by atoms with E-state index in [0.717, 1.165) is 24.5 Å². The van der Waals surface area contributed by atoms with Crippen molar-refractivity contribution in [2.75, 3.05) is 25.0 Å². The lowest BCUT2D eigenvalue weighted by molar-refractivity contribution is -0.0504. The maximum Gasteiger partial charge on any atom is 0.387 e. The summed E-state index contributed by atoms with van der Waals surface area (Å²) in [5, 5.41) is 6.36. The number of aliphatic imine (C=N–C) groups is 1. The van der Waals surface area contributed by atoms with Crippen molar-refractivity contribution in [3.8, 4) is 5.75 Å². The lowest BCUT2D eigenvalue weighted by Gasteiger charge is -2.17. The molecular weight excluding hydrogens is 364 g/mol. The minimum atomic E-state index is -2.85. The first-order chi connectivity index (χ1) is 13.7. The second kappa shape index (κ2) is 9.87. The van der Waals surface area contributed by atoms with Gasteiger partial charge in [0.05, 0.1) is 0 Å².